The third-order valence-corrected chi connectivity index (χ3v) is 6.33. The van der Waals surface area contributed by atoms with Crippen LogP contribution < -0.4 is 4.74 Å². The number of amides is 1. The topological polar surface area (TPSA) is 55.6 Å². The number of nitrogens with zero attached hydrogens (tertiary/aromatic N) is 2. The zero-order valence-corrected chi connectivity index (χ0v) is 18.7. The van der Waals surface area contributed by atoms with E-state index in [0.717, 1.165) is 9.13 Å². The Morgan fingerprint density at radius 2 is 2.09 bits per heavy atom. The second kappa shape index (κ2) is 8.27. The summed E-state index contributed by atoms with van der Waals surface area (Å²) in [6.45, 7) is -2.45. The van der Waals surface area contributed by atoms with Gasteiger partial charge in [0.25, 0.3) is 0 Å². The van der Waals surface area contributed by atoms with Gasteiger partial charge in [0, 0.05) is 57.7 Å². The second-order valence-corrected chi connectivity index (χ2v) is 8.87. The number of hydrogen-bond acceptors (Lipinski definition) is 4. The molecule has 1 aliphatic rings. The second-order valence-electron chi connectivity index (χ2n) is 7.62. The maximum Gasteiger partial charge on any atom is 0.387 e. The molecule has 0 aliphatic carbocycles. The minimum Gasteiger partial charge on any atom is -0.452 e. The van der Waals surface area contributed by atoms with Crippen LogP contribution >= 0.6 is 22.6 Å². The number of furan rings is 1. The Kier molecular flexibility index (Phi) is 5.44. The molecule has 3 heterocycles. The number of ether oxygens (including phenoxy) is 1. The first-order valence-electron chi connectivity index (χ1n) is 9.86. The van der Waals surface area contributed by atoms with Gasteiger partial charge in [-0.15, -0.1) is 0 Å². The number of pyridine rings is 1. The Morgan fingerprint density at radius 3 is 2.88 bits per heavy atom. The number of rotatable bonds is 5. The predicted molar refractivity (Wildman–Crippen MR) is 120 cm³/mol. The van der Waals surface area contributed by atoms with Crippen LogP contribution in [0.4, 0.5) is 13.2 Å². The van der Waals surface area contributed by atoms with Crippen molar-refractivity contribution in [1.82, 2.24) is 9.88 Å². The van der Waals surface area contributed by atoms with Gasteiger partial charge in [-0.2, -0.15) is 8.78 Å². The van der Waals surface area contributed by atoms with Gasteiger partial charge in [0.15, 0.2) is 11.3 Å². The van der Waals surface area contributed by atoms with E-state index < -0.39 is 6.61 Å². The Balaban J connectivity index is 1.53. The number of carbonyl (C=O) groups excluding carboxylic acids is 1. The fourth-order valence-corrected chi connectivity index (χ4v) is 4.70. The standard InChI is InChI=1S/C23H16F3IN2O3/c24-17-8-14(27)2-1-12(17)10-29-11-13(7-20(29)30)15-3-4-19(32-23(25)26)22-21(15)16-9-28-6-5-18(16)31-22/h1-6,8-9,13,23H,7,10-11H2. The van der Waals surface area contributed by atoms with Crippen molar-refractivity contribution in [2.75, 3.05) is 6.54 Å². The monoisotopic (exact) mass is 552 g/mol. The summed E-state index contributed by atoms with van der Waals surface area (Å²) < 4.78 is 51.4. The van der Waals surface area contributed by atoms with Gasteiger partial charge in [-0.05, 0) is 52.4 Å². The molecule has 1 saturated heterocycles. The van der Waals surface area contributed by atoms with Gasteiger partial charge in [-0.3, -0.25) is 9.78 Å². The molecule has 0 bridgehead atoms. The van der Waals surface area contributed by atoms with Crippen molar-refractivity contribution in [3.8, 4) is 5.75 Å². The van der Waals surface area contributed by atoms with Crippen LogP contribution in [-0.4, -0.2) is 28.9 Å². The van der Waals surface area contributed by atoms with Crippen molar-refractivity contribution in [2.45, 2.75) is 25.5 Å². The van der Waals surface area contributed by atoms with Gasteiger partial charge < -0.3 is 14.1 Å². The lowest BCUT2D eigenvalue weighted by Gasteiger charge is -2.18. The van der Waals surface area contributed by atoms with Crippen LogP contribution in [0.1, 0.15) is 23.5 Å². The van der Waals surface area contributed by atoms with Crippen LogP contribution in [0.15, 0.2) is 53.2 Å². The predicted octanol–water partition coefficient (Wildman–Crippen LogP) is 5.84. The Labute approximate surface area is 194 Å². The van der Waals surface area contributed by atoms with Gasteiger partial charge in [0.05, 0.1) is 0 Å². The number of hydrogen-bond donors (Lipinski definition) is 0. The first-order chi connectivity index (χ1) is 15.4. The Morgan fingerprint density at radius 1 is 1.25 bits per heavy atom. The summed E-state index contributed by atoms with van der Waals surface area (Å²) in [5.74, 6) is -0.730. The lowest BCUT2D eigenvalue weighted by Crippen LogP contribution is -2.25. The average molecular weight is 552 g/mol. The molecule has 1 unspecified atom stereocenters. The van der Waals surface area contributed by atoms with Gasteiger partial charge in [-0.1, -0.05) is 12.1 Å². The minimum atomic E-state index is -3.00. The first kappa shape index (κ1) is 21.0. The normalized spacial score (nSPS) is 16.6. The van der Waals surface area contributed by atoms with E-state index in [1.54, 1.807) is 41.6 Å². The Bertz CT molecular complexity index is 1340. The number of alkyl halides is 2. The van der Waals surface area contributed by atoms with E-state index in [1.807, 2.05) is 22.6 Å². The molecule has 0 radical (unpaired) electrons. The van der Waals surface area contributed by atoms with Gasteiger partial charge in [0.2, 0.25) is 5.91 Å². The van der Waals surface area contributed by atoms with Crippen LogP contribution in [0.3, 0.4) is 0 Å². The van der Waals surface area contributed by atoms with Crippen molar-refractivity contribution in [2.24, 2.45) is 0 Å². The van der Waals surface area contributed by atoms with Crippen molar-refractivity contribution < 1.29 is 27.1 Å². The van der Waals surface area contributed by atoms with Crippen LogP contribution in [0.5, 0.6) is 5.75 Å². The molecule has 164 valence electrons. The molecule has 5 rings (SSSR count). The van der Waals surface area contributed by atoms with Gasteiger partial charge >= 0.3 is 6.61 Å². The molecular weight excluding hydrogens is 536 g/mol. The third-order valence-electron chi connectivity index (χ3n) is 5.66. The first-order valence-corrected chi connectivity index (χ1v) is 10.9. The molecule has 2 aromatic carbocycles. The zero-order valence-electron chi connectivity index (χ0n) is 16.5. The summed E-state index contributed by atoms with van der Waals surface area (Å²) >= 11 is 2.03. The highest BCUT2D eigenvalue weighted by atomic mass is 127. The lowest BCUT2D eigenvalue weighted by atomic mass is 9.93. The number of fused-ring (bicyclic) bond motifs is 3. The minimum absolute atomic E-state index is 0.0721. The zero-order chi connectivity index (χ0) is 22.4. The molecule has 4 aromatic rings. The van der Waals surface area contributed by atoms with E-state index in [1.165, 1.54) is 12.1 Å². The molecule has 1 atom stereocenters. The third kappa shape index (κ3) is 3.78. The van der Waals surface area contributed by atoms with E-state index in [9.17, 15) is 18.0 Å². The van der Waals surface area contributed by atoms with Crippen LogP contribution in [0.25, 0.3) is 21.9 Å². The largest absolute Gasteiger partial charge is 0.452 e. The van der Waals surface area contributed by atoms with Crippen molar-refractivity contribution in [3.05, 3.63) is 69.3 Å². The number of halogens is 4. The molecule has 2 aromatic heterocycles. The summed E-state index contributed by atoms with van der Waals surface area (Å²) in [4.78, 5) is 18.5. The number of likely N-dealkylation sites (tertiary alicyclic amines) is 1. The highest BCUT2D eigenvalue weighted by Gasteiger charge is 2.33. The van der Waals surface area contributed by atoms with E-state index in [0.29, 0.717) is 28.5 Å². The number of aromatic nitrogens is 1. The van der Waals surface area contributed by atoms with E-state index >= 15 is 0 Å². The van der Waals surface area contributed by atoms with E-state index in [-0.39, 0.29) is 41.9 Å². The average Bonchev–Trinajstić information content (AvgIpc) is 3.31. The maximum absolute atomic E-state index is 14.3. The van der Waals surface area contributed by atoms with Gasteiger partial charge in [-0.25, -0.2) is 4.39 Å². The van der Waals surface area contributed by atoms with E-state index in [2.05, 4.69) is 9.72 Å². The summed E-state index contributed by atoms with van der Waals surface area (Å²) in [6.07, 6.45) is 3.38. The van der Waals surface area contributed by atoms with Crippen LogP contribution in [0, 0.1) is 9.39 Å². The molecule has 0 spiro atoms. The maximum atomic E-state index is 14.3. The lowest BCUT2D eigenvalue weighted by molar-refractivity contribution is -0.128. The van der Waals surface area contributed by atoms with Crippen molar-refractivity contribution in [3.63, 3.8) is 0 Å². The smallest absolute Gasteiger partial charge is 0.387 e. The SMILES string of the molecule is O=C1CC(c2ccc(OC(F)F)c3oc4ccncc4c23)CN1Cc1ccc(I)cc1F. The molecule has 5 nitrogen and oxygen atoms in total. The quantitative estimate of drug-likeness (QED) is 0.292. The Hall–Kier alpha value is -2.82. The van der Waals surface area contributed by atoms with Crippen LogP contribution in [0.2, 0.25) is 0 Å². The van der Waals surface area contributed by atoms with Gasteiger partial charge in [0.1, 0.15) is 11.4 Å². The highest BCUT2D eigenvalue weighted by Crippen LogP contribution is 2.42. The fourth-order valence-electron chi connectivity index (χ4n) is 4.24. The van der Waals surface area contributed by atoms with E-state index in [4.69, 9.17) is 4.42 Å². The molecular formula is C23H16F3IN2O3. The fraction of sp³-hybridized carbons (Fsp3) is 0.217. The molecule has 1 aliphatic heterocycles. The summed E-state index contributed by atoms with van der Waals surface area (Å²) in [5.41, 5.74) is 1.92. The molecule has 1 amide bonds. The van der Waals surface area contributed by atoms with Crippen LogP contribution in [-0.2, 0) is 11.3 Å². The van der Waals surface area contributed by atoms with Crippen molar-refractivity contribution in [1.29, 1.82) is 0 Å². The molecule has 32 heavy (non-hydrogen) atoms. The summed E-state index contributed by atoms with van der Waals surface area (Å²) in [6, 6.07) is 9.69. The number of carbonyl (C=O) groups is 1. The summed E-state index contributed by atoms with van der Waals surface area (Å²) in [7, 11) is 0. The van der Waals surface area contributed by atoms with Crippen molar-refractivity contribution >= 4 is 50.4 Å². The molecule has 0 saturated carbocycles. The number of benzene rings is 2. The summed E-state index contributed by atoms with van der Waals surface area (Å²) in [5, 5.41) is 1.26. The molecule has 1 fully saturated rings. The molecule has 9 heteroatoms. The highest BCUT2D eigenvalue weighted by molar-refractivity contribution is 14.1. The molecule has 0 N–H and O–H groups in total.